The second-order valence-corrected chi connectivity index (χ2v) is 4.29. The van der Waals surface area contributed by atoms with E-state index in [1.165, 1.54) is 12.1 Å². The van der Waals surface area contributed by atoms with Gasteiger partial charge in [-0.25, -0.2) is 4.98 Å². The number of anilines is 2. The van der Waals surface area contributed by atoms with Gasteiger partial charge < -0.3 is 15.5 Å². The Labute approximate surface area is 105 Å². The van der Waals surface area contributed by atoms with Crippen molar-refractivity contribution in [2.75, 3.05) is 43.4 Å². The van der Waals surface area contributed by atoms with Gasteiger partial charge in [-0.2, -0.15) is 0 Å². The van der Waals surface area contributed by atoms with Crippen molar-refractivity contribution in [2.24, 2.45) is 0 Å². The van der Waals surface area contributed by atoms with E-state index in [9.17, 15) is 10.1 Å². The minimum atomic E-state index is -0.441. The van der Waals surface area contributed by atoms with Crippen LogP contribution in [0, 0.1) is 10.1 Å². The highest BCUT2D eigenvalue weighted by Gasteiger charge is 2.19. The Morgan fingerprint density at radius 2 is 2.06 bits per heavy atom. The summed E-state index contributed by atoms with van der Waals surface area (Å²) in [6, 6.07) is 2.77. The molecule has 0 aromatic carbocycles. The molecule has 18 heavy (non-hydrogen) atoms. The lowest BCUT2D eigenvalue weighted by atomic mass is 10.3. The minimum absolute atomic E-state index is 0.00424. The molecule has 0 bridgehead atoms. The fraction of sp³-hybridized carbons (Fsp3) is 0.545. The van der Waals surface area contributed by atoms with Crippen molar-refractivity contribution in [2.45, 2.75) is 6.92 Å². The van der Waals surface area contributed by atoms with Gasteiger partial charge in [-0.3, -0.25) is 10.1 Å². The summed E-state index contributed by atoms with van der Waals surface area (Å²) in [5.74, 6) is 0.787. The van der Waals surface area contributed by atoms with E-state index in [0.717, 1.165) is 32.7 Å². The van der Waals surface area contributed by atoms with Crippen molar-refractivity contribution >= 4 is 17.3 Å². The van der Waals surface area contributed by atoms with Gasteiger partial charge in [0.05, 0.1) is 17.1 Å². The molecule has 1 fully saturated rings. The van der Waals surface area contributed by atoms with Crippen molar-refractivity contribution in [1.29, 1.82) is 0 Å². The average Bonchev–Trinajstić information content (AvgIpc) is 2.38. The Hall–Kier alpha value is -1.89. The monoisotopic (exact) mass is 251 g/mol. The first-order chi connectivity index (χ1) is 8.60. The fourth-order valence-electron chi connectivity index (χ4n) is 2.08. The summed E-state index contributed by atoms with van der Waals surface area (Å²) in [5, 5.41) is 10.8. The van der Waals surface area contributed by atoms with Crippen LogP contribution < -0.4 is 10.6 Å². The van der Waals surface area contributed by atoms with E-state index in [4.69, 9.17) is 5.73 Å². The summed E-state index contributed by atoms with van der Waals surface area (Å²) in [6.45, 7) is 6.68. The molecule has 0 saturated carbocycles. The lowest BCUT2D eigenvalue weighted by Crippen LogP contribution is -2.46. The number of likely N-dealkylation sites (N-methyl/N-ethyl adjacent to an activating group) is 1. The highest BCUT2D eigenvalue weighted by molar-refractivity contribution is 5.54. The third kappa shape index (κ3) is 2.67. The van der Waals surface area contributed by atoms with Gasteiger partial charge in [-0.1, -0.05) is 6.92 Å². The van der Waals surface area contributed by atoms with Crippen LogP contribution in [0.2, 0.25) is 0 Å². The van der Waals surface area contributed by atoms with E-state index in [2.05, 4.69) is 16.8 Å². The van der Waals surface area contributed by atoms with Crippen LogP contribution in [0.25, 0.3) is 0 Å². The molecular weight excluding hydrogens is 234 g/mol. The van der Waals surface area contributed by atoms with Gasteiger partial charge in [0.2, 0.25) is 0 Å². The molecule has 1 aliphatic rings. The quantitative estimate of drug-likeness (QED) is 0.629. The third-order valence-electron chi connectivity index (χ3n) is 3.17. The molecule has 2 rings (SSSR count). The maximum atomic E-state index is 10.8. The van der Waals surface area contributed by atoms with Gasteiger partial charge >= 0.3 is 0 Å². The first kappa shape index (κ1) is 12.6. The Morgan fingerprint density at radius 3 is 2.61 bits per heavy atom. The zero-order chi connectivity index (χ0) is 13.1. The number of hydrogen-bond acceptors (Lipinski definition) is 6. The number of hydrogen-bond donors (Lipinski definition) is 1. The Morgan fingerprint density at radius 1 is 1.39 bits per heavy atom. The lowest BCUT2D eigenvalue weighted by Gasteiger charge is -2.34. The van der Waals surface area contributed by atoms with Crippen LogP contribution in [0.4, 0.5) is 17.3 Å². The number of nitrogens with zero attached hydrogens (tertiary/aromatic N) is 4. The van der Waals surface area contributed by atoms with E-state index in [1.54, 1.807) is 0 Å². The van der Waals surface area contributed by atoms with E-state index in [-0.39, 0.29) is 11.5 Å². The molecule has 1 aliphatic heterocycles. The van der Waals surface area contributed by atoms with Crippen molar-refractivity contribution in [3.63, 3.8) is 0 Å². The van der Waals surface area contributed by atoms with Crippen molar-refractivity contribution < 1.29 is 4.92 Å². The van der Waals surface area contributed by atoms with Gasteiger partial charge in [0, 0.05) is 26.2 Å². The second-order valence-electron chi connectivity index (χ2n) is 4.29. The molecule has 0 amide bonds. The van der Waals surface area contributed by atoms with E-state index in [1.807, 2.05) is 4.90 Å². The van der Waals surface area contributed by atoms with Crippen LogP contribution in [0.5, 0.6) is 0 Å². The number of nitro groups is 1. The van der Waals surface area contributed by atoms with Crippen LogP contribution in [0.3, 0.4) is 0 Å². The standard InChI is InChI=1S/C11H17N5O2/c1-2-14-3-5-15(6-4-14)11-8-9(16(17)18)7-10(12)13-11/h7-8H,2-6H2,1H3,(H2,12,13). The number of rotatable bonds is 3. The molecule has 98 valence electrons. The molecule has 2 heterocycles. The second kappa shape index (κ2) is 5.18. The first-order valence-electron chi connectivity index (χ1n) is 5.99. The fourth-order valence-corrected chi connectivity index (χ4v) is 2.08. The van der Waals surface area contributed by atoms with Crippen LogP contribution in [0.1, 0.15) is 6.92 Å². The topological polar surface area (TPSA) is 88.5 Å². The van der Waals surface area contributed by atoms with Crippen molar-refractivity contribution in [3.05, 3.63) is 22.2 Å². The van der Waals surface area contributed by atoms with Crippen LogP contribution >= 0.6 is 0 Å². The van der Waals surface area contributed by atoms with Crippen LogP contribution in [-0.4, -0.2) is 47.5 Å². The van der Waals surface area contributed by atoms with Gasteiger partial charge in [0.1, 0.15) is 11.6 Å². The molecule has 0 aliphatic carbocycles. The lowest BCUT2D eigenvalue weighted by molar-refractivity contribution is -0.384. The Bertz CT molecular complexity index is 443. The smallest absolute Gasteiger partial charge is 0.276 e. The molecule has 0 spiro atoms. The molecular formula is C11H17N5O2. The third-order valence-corrected chi connectivity index (χ3v) is 3.17. The molecule has 1 saturated heterocycles. The molecule has 0 unspecified atom stereocenters. The van der Waals surface area contributed by atoms with E-state index < -0.39 is 4.92 Å². The van der Waals surface area contributed by atoms with Crippen LogP contribution in [-0.2, 0) is 0 Å². The normalized spacial score (nSPS) is 16.8. The number of piperazine rings is 1. The molecule has 7 nitrogen and oxygen atoms in total. The highest BCUT2D eigenvalue weighted by Crippen LogP contribution is 2.22. The van der Waals surface area contributed by atoms with Gasteiger partial charge in [-0.05, 0) is 6.54 Å². The number of nitrogen functional groups attached to an aromatic ring is 1. The Balaban J connectivity index is 2.16. The Kier molecular flexibility index (Phi) is 3.61. The van der Waals surface area contributed by atoms with Gasteiger partial charge in [0.15, 0.2) is 0 Å². The summed E-state index contributed by atoms with van der Waals surface area (Å²) in [4.78, 5) is 18.9. The van der Waals surface area contributed by atoms with Crippen molar-refractivity contribution in [3.8, 4) is 0 Å². The summed E-state index contributed by atoms with van der Waals surface area (Å²) in [5.41, 5.74) is 5.60. The van der Waals surface area contributed by atoms with E-state index in [0.29, 0.717) is 5.82 Å². The molecule has 0 radical (unpaired) electrons. The SMILES string of the molecule is CCN1CCN(c2cc([N+](=O)[O-])cc(N)n2)CC1. The zero-order valence-electron chi connectivity index (χ0n) is 10.4. The molecule has 0 atom stereocenters. The van der Waals surface area contributed by atoms with Gasteiger partial charge in [-0.15, -0.1) is 0 Å². The molecule has 2 N–H and O–H groups in total. The van der Waals surface area contributed by atoms with Crippen LogP contribution in [0.15, 0.2) is 12.1 Å². The highest BCUT2D eigenvalue weighted by atomic mass is 16.6. The summed E-state index contributed by atoms with van der Waals surface area (Å²) in [7, 11) is 0. The van der Waals surface area contributed by atoms with Gasteiger partial charge in [0.25, 0.3) is 5.69 Å². The summed E-state index contributed by atoms with van der Waals surface area (Å²) < 4.78 is 0. The largest absolute Gasteiger partial charge is 0.383 e. The predicted molar refractivity (Wildman–Crippen MR) is 69.6 cm³/mol. The minimum Gasteiger partial charge on any atom is -0.383 e. The average molecular weight is 251 g/mol. The first-order valence-corrected chi connectivity index (χ1v) is 5.99. The van der Waals surface area contributed by atoms with Crippen molar-refractivity contribution in [1.82, 2.24) is 9.88 Å². The number of nitrogens with two attached hydrogens (primary N) is 1. The zero-order valence-corrected chi connectivity index (χ0v) is 10.4. The molecule has 7 heteroatoms. The summed E-state index contributed by atoms with van der Waals surface area (Å²) in [6.07, 6.45) is 0. The summed E-state index contributed by atoms with van der Waals surface area (Å²) >= 11 is 0. The molecule has 1 aromatic heterocycles. The van der Waals surface area contributed by atoms with E-state index >= 15 is 0 Å². The predicted octanol–water partition coefficient (Wildman–Crippen LogP) is 0.714. The maximum Gasteiger partial charge on any atom is 0.276 e. The number of aromatic nitrogens is 1. The maximum absolute atomic E-state index is 10.8. The number of pyridine rings is 1. The molecule has 1 aromatic rings.